The highest BCUT2D eigenvalue weighted by molar-refractivity contribution is 5.10. The van der Waals surface area contributed by atoms with Crippen LogP contribution in [0.15, 0.2) is 98.2 Å². The molecule has 42 heavy (non-hydrogen) atoms. The molecule has 4 bridgehead atoms. The van der Waals surface area contributed by atoms with Gasteiger partial charge in [-0.25, -0.2) is 0 Å². The summed E-state index contributed by atoms with van der Waals surface area (Å²) in [6, 6.07) is 0. The zero-order chi connectivity index (χ0) is 30.5. The van der Waals surface area contributed by atoms with Gasteiger partial charge in [0.1, 0.15) is 0 Å². The zero-order valence-electron chi connectivity index (χ0n) is 25.3. The molecule has 8 N–H and O–H groups in total. The van der Waals surface area contributed by atoms with Crippen LogP contribution < -0.4 is 42.5 Å². The van der Waals surface area contributed by atoms with E-state index < -0.39 is 0 Å². The molecule has 12 nitrogen and oxygen atoms in total. The predicted molar refractivity (Wildman–Crippen MR) is 173 cm³/mol. The van der Waals surface area contributed by atoms with Gasteiger partial charge in [0, 0.05) is 71.3 Å². The van der Waals surface area contributed by atoms with Gasteiger partial charge in [0.25, 0.3) is 0 Å². The van der Waals surface area contributed by atoms with Gasteiger partial charge < -0.3 is 42.5 Å². The van der Waals surface area contributed by atoms with E-state index in [4.69, 9.17) is 0 Å². The Bertz CT molecular complexity index is 813. The molecule has 0 spiro atoms. The first kappa shape index (κ1) is 32.7. The molecule has 6 rings (SSSR count). The molecule has 0 aliphatic carbocycles. The topological polar surface area (TPSA) is 109 Å². The van der Waals surface area contributed by atoms with Crippen LogP contribution in [0.2, 0.25) is 0 Å². The fraction of sp³-hybridized carbons (Fsp3) is 0.467. The van der Waals surface area contributed by atoms with Gasteiger partial charge in [0.15, 0.2) is 0 Å². The Morgan fingerprint density at radius 1 is 0.286 bits per heavy atom. The third-order valence-electron chi connectivity index (χ3n) is 6.93. The second-order valence-corrected chi connectivity index (χ2v) is 11.2. The van der Waals surface area contributed by atoms with Crippen LogP contribution in [-0.2, 0) is 0 Å². The highest BCUT2D eigenvalue weighted by atomic mass is 15.4. The number of hydrogen-bond donors (Lipinski definition) is 8. The van der Waals surface area contributed by atoms with Crippen LogP contribution in [0, 0.1) is 0 Å². The van der Waals surface area contributed by atoms with E-state index in [9.17, 15) is 0 Å². The second kappa shape index (κ2) is 16.6. The molecule has 6 saturated heterocycles. The highest BCUT2D eigenvalue weighted by Gasteiger charge is 2.17. The molecule has 0 saturated carbocycles. The van der Waals surface area contributed by atoms with Gasteiger partial charge in [0.2, 0.25) is 0 Å². The van der Waals surface area contributed by atoms with Crippen molar-refractivity contribution in [1.82, 2.24) is 62.1 Å². The average Bonchev–Trinajstić information content (AvgIpc) is 2.92. The van der Waals surface area contributed by atoms with Gasteiger partial charge in [-0.05, 0) is 0 Å². The summed E-state index contributed by atoms with van der Waals surface area (Å²) in [6.07, 6.45) is 2.45. The Balaban J connectivity index is 1.99. The van der Waals surface area contributed by atoms with Gasteiger partial charge in [-0.2, -0.15) is 0 Å². The Hall–Kier alpha value is -3.84. The van der Waals surface area contributed by atoms with E-state index in [2.05, 4.69) is 115 Å². The monoisotopic (exact) mass is 580 g/mol. The molecule has 6 fully saturated rings. The van der Waals surface area contributed by atoms with Crippen molar-refractivity contribution < 1.29 is 0 Å². The maximum absolute atomic E-state index is 4.25. The van der Waals surface area contributed by atoms with Crippen LogP contribution in [0.3, 0.4) is 0 Å². The number of rotatable bonds is 0. The van der Waals surface area contributed by atoms with E-state index in [1.165, 1.54) is 0 Å². The number of nitrogens with zero attached hydrogens (tertiary/aromatic N) is 4. The van der Waals surface area contributed by atoms with Crippen molar-refractivity contribution in [3.05, 3.63) is 98.2 Å². The largest absolute Gasteiger partial charge is 0.376 e. The summed E-state index contributed by atoms with van der Waals surface area (Å²) in [6.45, 7) is 39.9. The Morgan fingerprint density at radius 2 is 0.429 bits per heavy atom. The van der Waals surface area contributed by atoms with Crippen molar-refractivity contribution in [2.75, 3.05) is 66.7 Å². The van der Waals surface area contributed by atoms with Crippen molar-refractivity contribution in [2.24, 2.45) is 0 Å². The Morgan fingerprint density at radius 3 is 0.571 bits per heavy atom. The van der Waals surface area contributed by atoms with Crippen molar-refractivity contribution in [1.29, 1.82) is 0 Å². The molecule has 0 atom stereocenters. The predicted octanol–water partition coefficient (Wildman–Crippen LogP) is 1.20. The summed E-state index contributed by atoms with van der Waals surface area (Å²) in [7, 11) is 0. The summed E-state index contributed by atoms with van der Waals surface area (Å²) < 4.78 is 0. The van der Waals surface area contributed by atoms with Crippen molar-refractivity contribution >= 4 is 0 Å². The molecule has 0 aromatic carbocycles. The van der Waals surface area contributed by atoms with E-state index >= 15 is 0 Å². The molecule has 6 aliphatic rings. The smallest absolute Gasteiger partial charge is 0.0701 e. The zero-order valence-corrected chi connectivity index (χ0v) is 25.3. The van der Waals surface area contributed by atoms with Crippen LogP contribution in [0.5, 0.6) is 0 Å². The van der Waals surface area contributed by atoms with Gasteiger partial charge in [-0.1, -0.05) is 52.6 Å². The summed E-state index contributed by atoms with van der Waals surface area (Å²) in [4.78, 5) is 8.99. The first-order valence-electron chi connectivity index (χ1n) is 14.3. The number of hydrogen-bond acceptors (Lipinski definition) is 12. The van der Waals surface area contributed by atoms with Crippen molar-refractivity contribution in [2.45, 2.75) is 25.7 Å². The van der Waals surface area contributed by atoms with E-state index in [0.717, 1.165) is 45.6 Å². The third kappa shape index (κ3) is 12.4. The van der Waals surface area contributed by atoms with Crippen molar-refractivity contribution in [3.63, 3.8) is 0 Å². The molecule has 6 heterocycles. The van der Waals surface area contributed by atoms with Crippen LogP contribution in [0.25, 0.3) is 0 Å². The van der Waals surface area contributed by atoms with Gasteiger partial charge in [-0.3, -0.25) is 19.6 Å². The number of nitrogens with one attached hydrogen (secondary N) is 8. The standard InChI is InChI=1S/C30H52N12/c1-23-9-24(2)32-14-40-16-34-26(4)10-25(3)33-15-39(13-31-23)21-41-17-35-27(5)11-29(7)37-19-42(22-40)20-38-30(8)12-28(6)36-18-41/h31-38H,1-22H2. The molecule has 0 radical (unpaired) electrons. The third-order valence-corrected chi connectivity index (χ3v) is 6.93. The molecule has 12 heteroatoms. The fourth-order valence-corrected chi connectivity index (χ4v) is 4.51. The molecular formula is C30H52N12. The maximum Gasteiger partial charge on any atom is 0.0701 e. The van der Waals surface area contributed by atoms with E-state index in [0.29, 0.717) is 92.4 Å². The lowest BCUT2D eigenvalue weighted by Gasteiger charge is -2.35. The first-order valence-corrected chi connectivity index (χ1v) is 14.3. The Labute approximate surface area is 252 Å². The normalized spacial score (nSPS) is 28.6. The summed E-state index contributed by atoms with van der Waals surface area (Å²) in [5, 5.41) is 27.9. The van der Waals surface area contributed by atoms with Gasteiger partial charge in [-0.15, -0.1) is 0 Å². The van der Waals surface area contributed by atoms with Crippen LogP contribution in [0.4, 0.5) is 0 Å². The Kier molecular flexibility index (Phi) is 12.9. The van der Waals surface area contributed by atoms with Crippen LogP contribution in [-0.4, -0.2) is 86.3 Å². The average molecular weight is 581 g/mol. The van der Waals surface area contributed by atoms with Gasteiger partial charge >= 0.3 is 0 Å². The molecule has 6 aliphatic heterocycles. The molecule has 0 aromatic heterocycles. The van der Waals surface area contributed by atoms with E-state index in [1.54, 1.807) is 0 Å². The minimum Gasteiger partial charge on any atom is -0.376 e. The lowest BCUT2D eigenvalue weighted by molar-refractivity contribution is 0.106. The minimum absolute atomic E-state index is 0.576. The molecule has 0 unspecified atom stereocenters. The summed E-state index contributed by atoms with van der Waals surface area (Å²) >= 11 is 0. The lowest BCUT2D eigenvalue weighted by atomic mass is 10.2. The molecular weight excluding hydrogens is 528 g/mol. The van der Waals surface area contributed by atoms with E-state index in [1.807, 2.05) is 0 Å². The van der Waals surface area contributed by atoms with Crippen LogP contribution in [0.1, 0.15) is 25.7 Å². The molecule has 232 valence electrons. The summed E-state index contributed by atoms with van der Waals surface area (Å²) in [5.74, 6) is 0. The van der Waals surface area contributed by atoms with Crippen molar-refractivity contribution in [3.8, 4) is 0 Å². The molecule has 0 aromatic rings. The summed E-state index contributed by atoms with van der Waals surface area (Å²) in [5.41, 5.74) is 7.13. The fourth-order valence-electron chi connectivity index (χ4n) is 4.51. The second-order valence-electron chi connectivity index (χ2n) is 11.2. The van der Waals surface area contributed by atoms with Gasteiger partial charge in [0.05, 0.1) is 66.7 Å². The quantitative estimate of drug-likeness (QED) is 0.211. The SMILES string of the molecule is C=C1CC(=C)NCN2CNC(=C)CC(=C)NCN(CN1)CN1CNC(=C)CC(=C)NCN(CNC(=C)CC(=C)NC1)C2. The maximum atomic E-state index is 4.25. The molecule has 0 amide bonds. The van der Waals surface area contributed by atoms with E-state index in [-0.39, 0.29) is 0 Å². The first-order chi connectivity index (χ1) is 20.0. The lowest BCUT2D eigenvalue weighted by Crippen LogP contribution is -2.52. The highest BCUT2D eigenvalue weighted by Crippen LogP contribution is 2.09. The van der Waals surface area contributed by atoms with Crippen LogP contribution >= 0.6 is 0 Å². The minimum atomic E-state index is 0.576.